The number of benzene rings is 2. The summed E-state index contributed by atoms with van der Waals surface area (Å²) >= 11 is 0. The van der Waals surface area contributed by atoms with E-state index in [-0.39, 0.29) is 17.9 Å². The molecule has 1 saturated heterocycles. The molecule has 0 spiro atoms. The van der Waals surface area contributed by atoms with Crippen LogP contribution in [0.15, 0.2) is 60.7 Å². The molecule has 3 rings (SSSR count). The number of nitrogens with zero attached hydrogens (tertiary/aromatic N) is 1. The average Bonchev–Trinajstić information content (AvgIpc) is 2.78. The van der Waals surface area contributed by atoms with Gasteiger partial charge in [0.25, 0.3) is 0 Å². The Bertz CT molecular complexity index is 582. The second-order valence-corrected chi connectivity index (χ2v) is 5.22. The normalized spacial score (nSPS) is 22.2. The topological polar surface area (TPSA) is 40.5 Å². The lowest BCUT2D eigenvalue weighted by Gasteiger charge is -2.23. The largest absolute Gasteiger partial charge is 0.286 e. The Hall–Kier alpha value is -2.13. The van der Waals surface area contributed by atoms with Crippen LogP contribution in [0.1, 0.15) is 23.5 Å². The zero-order valence-electron chi connectivity index (χ0n) is 11.1. The zero-order chi connectivity index (χ0) is 13.9. The van der Waals surface area contributed by atoms with Gasteiger partial charge in [-0.1, -0.05) is 60.7 Å². The monoisotopic (exact) mass is 267 g/mol. The fraction of sp³-hybridized carbons (Fsp3) is 0.235. The summed E-state index contributed by atoms with van der Waals surface area (Å²) in [5, 5.41) is 11.0. The Morgan fingerprint density at radius 2 is 1.60 bits per heavy atom. The fourth-order valence-corrected chi connectivity index (χ4v) is 2.90. The third kappa shape index (κ3) is 2.45. The number of amides is 1. The quantitative estimate of drug-likeness (QED) is 0.868. The molecule has 3 nitrogen and oxygen atoms in total. The van der Waals surface area contributed by atoms with Gasteiger partial charge in [-0.25, -0.2) is 5.06 Å². The van der Waals surface area contributed by atoms with E-state index in [1.807, 2.05) is 60.7 Å². The maximum atomic E-state index is 11.8. The van der Waals surface area contributed by atoms with Crippen LogP contribution >= 0.6 is 0 Å². The van der Waals surface area contributed by atoms with E-state index in [9.17, 15) is 10.0 Å². The standard InChI is InChI=1S/C17H17NO2/c19-17-12-15(14-9-5-2-6-10-14)16(18(17)20)11-13-7-3-1-4-8-13/h1-10,15-16,20H,11-12H2/t15-,16-/m0/s1. The maximum absolute atomic E-state index is 11.8. The van der Waals surface area contributed by atoms with Crippen LogP contribution in [-0.2, 0) is 11.2 Å². The van der Waals surface area contributed by atoms with E-state index in [0.29, 0.717) is 12.8 Å². The predicted octanol–water partition coefficient (Wildman–Crippen LogP) is 3.00. The van der Waals surface area contributed by atoms with Gasteiger partial charge in [0, 0.05) is 12.3 Å². The first-order valence-electron chi connectivity index (χ1n) is 6.85. The number of hydroxylamine groups is 2. The predicted molar refractivity (Wildman–Crippen MR) is 76.4 cm³/mol. The second-order valence-electron chi connectivity index (χ2n) is 5.22. The average molecular weight is 267 g/mol. The number of carbonyl (C=O) groups excluding carboxylic acids is 1. The van der Waals surface area contributed by atoms with Crippen molar-refractivity contribution < 1.29 is 10.0 Å². The molecule has 2 aromatic rings. The van der Waals surface area contributed by atoms with Crippen LogP contribution in [0.4, 0.5) is 0 Å². The van der Waals surface area contributed by atoms with Gasteiger partial charge in [-0.15, -0.1) is 0 Å². The van der Waals surface area contributed by atoms with Crippen molar-refractivity contribution in [2.45, 2.75) is 24.8 Å². The van der Waals surface area contributed by atoms with Gasteiger partial charge in [0.2, 0.25) is 5.91 Å². The van der Waals surface area contributed by atoms with E-state index in [4.69, 9.17) is 0 Å². The summed E-state index contributed by atoms with van der Waals surface area (Å²) in [5.41, 5.74) is 2.24. The summed E-state index contributed by atoms with van der Waals surface area (Å²) in [6, 6.07) is 19.7. The number of hydrogen-bond donors (Lipinski definition) is 1. The van der Waals surface area contributed by atoms with E-state index in [0.717, 1.165) is 16.2 Å². The highest BCUT2D eigenvalue weighted by Gasteiger charge is 2.39. The zero-order valence-corrected chi connectivity index (χ0v) is 11.1. The first-order valence-corrected chi connectivity index (χ1v) is 6.85. The Labute approximate surface area is 118 Å². The minimum atomic E-state index is -0.195. The molecular formula is C17H17NO2. The van der Waals surface area contributed by atoms with Gasteiger partial charge < -0.3 is 0 Å². The lowest BCUT2D eigenvalue weighted by Crippen LogP contribution is -2.33. The number of carbonyl (C=O) groups is 1. The van der Waals surface area contributed by atoms with Crippen LogP contribution in [0, 0.1) is 0 Å². The molecule has 0 radical (unpaired) electrons. The van der Waals surface area contributed by atoms with Crippen LogP contribution < -0.4 is 0 Å². The van der Waals surface area contributed by atoms with Crippen LogP contribution in [0.2, 0.25) is 0 Å². The molecule has 20 heavy (non-hydrogen) atoms. The van der Waals surface area contributed by atoms with Crippen molar-refractivity contribution in [3.8, 4) is 0 Å². The van der Waals surface area contributed by atoms with Crippen molar-refractivity contribution in [3.63, 3.8) is 0 Å². The molecule has 1 fully saturated rings. The van der Waals surface area contributed by atoms with Crippen LogP contribution in [-0.4, -0.2) is 22.2 Å². The molecule has 1 heterocycles. The Kier molecular flexibility index (Phi) is 3.52. The van der Waals surface area contributed by atoms with Crippen molar-refractivity contribution in [2.75, 3.05) is 0 Å². The highest BCUT2D eigenvalue weighted by molar-refractivity contribution is 5.79. The molecule has 1 amide bonds. The minimum absolute atomic E-state index is 0.0499. The van der Waals surface area contributed by atoms with E-state index >= 15 is 0 Å². The van der Waals surface area contributed by atoms with Crippen molar-refractivity contribution in [1.29, 1.82) is 0 Å². The van der Waals surface area contributed by atoms with Crippen LogP contribution in [0.3, 0.4) is 0 Å². The van der Waals surface area contributed by atoms with E-state index < -0.39 is 0 Å². The Balaban J connectivity index is 1.87. The van der Waals surface area contributed by atoms with Gasteiger partial charge in [0.1, 0.15) is 0 Å². The summed E-state index contributed by atoms with van der Waals surface area (Å²) in [5.74, 6) is -0.145. The third-order valence-corrected chi connectivity index (χ3v) is 3.94. The van der Waals surface area contributed by atoms with E-state index in [2.05, 4.69) is 0 Å². The molecule has 2 atom stereocenters. The third-order valence-electron chi connectivity index (χ3n) is 3.94. The molecule has 1 N–H and O–H groups in total. The van der Waals surface area contributed by atoms with Gasteiger partial charge in [-0.05, 0) is 17.5 Å². The molecule has 0 saturated carbocycles. The lowest BCUT2D eigenvalue weighted by atomic mass is 9.88. The summed E-state index contributed by atoms with van der Waals surface area (Å²) in [6.07, 6.45) is 1.04. The van der Waals surface area contributed by atoms with Gasteiger partial charge in [0.05, 0.1) is 6.04 Å². The van der Waals surface area contributed by atoms with Crippen molar-refractivity contribution in [1.82, 2.24) is 5.06 Å². The molecule has 0 aliphatic carbocycles. The molecule has 3 heteroatoms. The Morgan fingerprint density at radius 1 is 1.00 bits per heavy atom. The maximum Gasteiger partial charge on any atom is 0.246 e. The Morgan fingerprint density at radius 3 is 2.25 bits per heavy atom. The minimum Gasteiger partial charge on any atom is -0.286 e. The highest BCUT2D eigenvalue weighted by atomic mass is 16.5. The molecule has 0 bridgehead atoms. The van der Waals surface area contributed by atoms with Crippen molar-refractivity contribution >= 4 is 5.91 Å². The summed E-state index contributed by atoms with van der Waals surface area (Å²) in [4.78, 5) is 11.8. The molecular weight excluding hydrogens is 250 g/mol. The van der Waals surface area contributed by atoms with Crippen LogP contribution in [0.25, 0.3) is 0 Å². The van der Waals surface area contributed by atoms with Crippen molar-refractivity contribution in [2.24, 2.45) is 0 Å². The first-order chi connectivity index (χ1) is 9.75. The molecule has 0 unspecified atom stereocenters. The second kappa shape index (κ2) is 5.47. The molecule has 0 aromatic heterocycles. The van der Waals surface area contributed by atoms with Gasteiger partial charge in [-0.2, -0.15) is 0 Å². The van der Waals surface area contributed by atoms with Gasteiger partial charge >= 0.3 is 0 Å². The van der Waals surface area contributed by atoms with Crippen LogP contribution in [0.5, 0.6) is 0 Å². The molecule has 1 aliphatic heterocycles. The molecule has 102 valence electrons. The lowest BCUT2D eigenvalue weighted by molar-refractivity contribution is -0.165. The molecule has 1 aliphatic rings. The highest BCUT2D eigenvalue weighted by Crippen LogP contribution is 2.35. The van der Waals surface area contributed by atoms with Crippen molar-refractivity contribution in [3.05, 3.63) is 71.8 Å². The smallest absolute Gasteiger partial charge is 0.246 e. The summed E-state index contributed by atoms with van der Waals surface area (Å²) in [7, 11) is 0. The summed E-state index contributed by atoms with van der Waals surface area (Å²) < 4.78 is 0. The molecule has 2 aromatic carbocycles. The summed E-state index contributed by atoms with van der Waals surface area (Å²) in [6.45, 7) is 0. The SMILES string of the molecule is O=C1C[C@@H](c2ccccc2)[C@H](Cc2ccccc2)N1O. The fourth-order valence-electron chi connectivity index (χ4n) is 2.90. The van der Waals surface area contributed by atoms with Gasteiger partial charge in [0.15, 0.2) is 0 Å². The first kappa shape index (κ1) is 12.9. The van der Waals surface area contributed by atoms with E-state index in [1.165, 1.54) is 0 Å². The number of hydrogen-bond acceptors (Lipinski definition) is 2. The van der Waals surface area contributed by atoms with Gasteiger partial charge in [-0.3, -0.25) is 10.0 Å². The van der Waals surface area contributed by atoms with E-state index in [1.54, 1.807) is 0 Å². The number of rotatable bonds is 3.